The average molecular weight is 245 g/mol. The Morgan fingerprint density at radius 1 is 1.17 bits per heavy atom. The summed E-state index contributed by atoms with van der Waals surface area (Å²) in [5, 5.41) is 9.86. The molecule has 2 atom stereocenters. The molecule has 1 aromatic carbocycles. The van der Waals surface area contributed by atoms with Crippen molar-refractivity contribution in [3.05, 3.63) is 35.4 Å². The van der Waals surface area contributed by atoms with Crippen LogP contribution in [0.3, 0.4) is 0 Å². The molecule has 1 aromatic rings. The molecule has 1 aliphatic heterocycles. The smallest absolute Gasteiger partial charge is 0.0568 e. The lowest BCUT2D eigenvalue weighted by molar-refractivity contribution is 0.116. The summed E-state index contributed by atoms with van der Waals surface area (Å²) in [5.41, 5.74) is 3.02. The summed E-state index contributed by atoms with van der Waals surface area (Å²) in [6, 6.07) is 8.80. The predicted molar refractivity (Wildman–Crippen MR) is 73.4 cm³/mol. The first kappa shape index (κ1) is 12.2. The van der Waals surface area contributed by atoms with Gasteiger partial charge < -0.3 is 5.11 Å². The van der Waals surface area contributed by atoms with Gasteiger partial charge in [-0.05, 0) is 49.3 Å². The molecule has 98 valence electrons. The van der Waals surface area contributed by atoms with Crippen LogP contribution in [0.25, 0.3) is 0 Å². The summed E-state index contributed by atoms with van der Waals surface area (Å²) in [7, 11) is 0. The number of hydrogen-bond acceptors (Lipinski definition) is 2. The molecule has 1 fully saturated rings. The molecule has 18 heavy (non-hydrogen) atoms. The zero-order valence-electron chi connectivity index (χ0n) is 11.0. The van der Waals surface area contributed by atoms with Crippen LogP contribution in [0.5, 0.6) is 0 Å². The lowest BCUT2D eigenvalue weighted by Gasteiger charge is -2.29. The molecule has 2 unspecified atom stereocenters. The summed E-state index contributed by atoms with van der Waals surface area (Å²) in [6.07, 6.45) is 5.79. The Bertz CT molecular complexity index is 404. The number of aliphatic hydroxyl groups excluding tert-OH is 1. The Balaban J connectivity index is 1.53. The van der Waals surface area contributed by atoms with Crippen molar-refractivity contribution >= 4 is 0 Å². The minimum atomic E-state index is -0.0259. The van der Waals surface area contributed by atoms with E-state index in [1.807, 2.05) is 0 Å². The van der Waals surface area contributed by atoms with Gasteiger partial charge in [0.05, 0.1) is 6.10 Å². The molecule has 2 nitrogen and oxygen atoms in total. The van der Waals surface area contributed by atoms with E-state index in [9.17, 15) is 5.11 Å². The minimum Gasteiger partial charge on any atom is -0.393 e. The Morgan fingerprint density at radius 3 is 2.78 bits per heavy atom. The molecule has 1 aliphatic carbocycles. The molecule has 0 radical (unpaired) electrons. The van der Waals surface area contributed by atoms with Gasteiger partial charge in [0.25, 0.3) is 0 Å². The van der Waals surface area contributed by atoms with Crippen molar-refractivity contribution in [3.63, 3.8) is 0 Å². The molecule has 0 bridgehead atoms. The normalized spacial score (nSPS) is 28.3. The van der Waals surface area contributed by atoms with Crippen molar-refractivity contribution in [3.8, 4) is 0 Å². The van der Waals surface area contributed by atoms with Crippen molar-refractivity contribution in [2.75, 3.05) is 13.1 Å². The Kier molecular flexibility index (Phi) is 3.67. The number of rotatable bonds is 3. The van der Waals surface area contributed by atoms with Gasteiger partial charge in [-0.2, -0.15) is 0 Å². The standard InChI is InChI=1S/C16H23NO/c18-16-7-3-6-14(16)9-11-17-10-8-13-4-1-2-5-15(13)12-17/h1-2,4-5,14,16,18H,3,6-12H2. The second-order valence-electron chi connectivity index (χ2n) is 5.84. The number of hydrogen-bond donors (Lipinski definition) is 1. The fourth-order valence-electron chi connectivity index (χ4n) is 3.45. The van der Waals surface area contributed by atoms with Gasteiger partial charge in [0.1, 0.15) is 0 Å². The van der Waals surface area contributed by atoms with Crippen molar-refractivity contribution in [1.29, 1.82) is 0 Å². The van der Waals surface area contributed by atoms with Crippen LogP contribution in [0, 0.1) is 5.92 Å². The van der Waals surface area contributed by atoms with Crippen LogP contribution in [-0.4, -0.2) is 29.2 Å². The van der Waals surface area contributed by atoms with E-state index in [4.69, 9.17) is 0 Å². The van der Waals surface area contributed by atoms with Crippen LogP contribution in [0.4, 0.5) is 0 Å². The van der Waals surface area contributed by atoms with Gasteiger partial charge in [-0.3, -0.25) is 4.90 Å². The number of benzene rings is 1. The van der Waals surface area contributed by atoms with E-state index in [0.29, 0.717) is 5.92 Å². The highest BCUT2D eigenvalue weighted by atomic mass is 16.3. The summed E-state index contributed by atoms with van der Waals surface area (Å²) >= 11 is 0. The van der Waals surface area contributed by atoms with E-state index < -0.39 is 0 Å². The van der Waals surface area contributed by atoms with Crippen molar-refractivity contribution in [2.24, 2.45) is 5.92 Å². The molecule has 2 aliphatic rings. The van der Waals surface area contributed by atoms with Crippen LogP contribution in [-0.2, 0) is 13.0 Å². The highest BCUT2D eigenvalue weighted by Crippen LogP contribution is 2.29. The summed E-state index contributed by atoms with van der Waals surface area (Å²) in [5.74, 6) is 0.558. The van der Waals surface area contributed by atoms with E-state index in [1.54, 1.807) is 0 Å². The van der Waals surface area contributed by atoms with E-state index in [0.717, 1.165) is 19.5 Å². The Labute approximate surface area is 110 Å². The number of aliphatic hydroxyl groups is 1. The molecular weight excluding hydrogens is 222 g/mol. The van der Waals surface area contributed by atoms with Crippen LogP contribution in [0.15, 0.2) is 24.3 Å². The maximum absolute atomic E-state index is 9.86. The van der Waals surface area contributed by atoms with Crippen LogP contribution in [0.2, 0.25) is 0 Å². The first-order valence-electron chi connectivity index (χ1n) is 7.30. The molecule has 3 rings (SSSR count). The second kappa shape index (κ2) is 5.41. The minimum absolute atomic E-state index is 0.0259. The quantitative estimate of drug-likeness (QED) is 0.885. The number of fused-ring (bicyclic) bond motifs is 1. The summed E-state index contributed by atoms with van der Waals surface area (Å²) in [6.45, 7) is 3.43. The van der Waals surface area contributed by atoms with Gasteiger partial charge in [0.15, 0.2) is 0 Å². The maximum Gasteiger partial charge on any atom is 0.0568 e. The molecular formula is C16H23NO. The highest BCUT2D eigenvalue weighted by Gasteiger charge is 2.26. The van der Waals surface area contributed by atoms with E-state index in [1.165, 1.54) is 43.4 Å². The van der Waals surface area contributed by atoms with Crippen molar-refractivity contribution < 1.29 is 5.11 Å². The van der Waals surface area contributed by atoms with E-state index >= 15 is 0 Å². The van der Waals surface area contributed by atoms with Gasteiger partial charge in [0, 0.05) is 13.1 Å². The van der Waals surface area contributed by atoms with Crippen molar-refractivity contribution in [2.45, 2.75) is 44.8 Å². The molecule has 0 amide bonds. The summed E-state index contributed by atoms with van der Waals surface area (Å²) in [4.78, 5) is 2.55. The Hall–Kier alpha value is -0.860. The van der Waals surface area contributed by atoms with Gasteiger partial charge in [-0.15, -0.1) is 0 Å². The van der Waals surface area contributed by atoms with Gasteiger partial charge >= 0.3 is 0 Å². The molecule has 0 aromatic heterocycles. The lowest BCUT2D eigenvalue weighted by Crippen LogP contribution is -2.33. The van der Waals surface area contributed by atoms with Gasteiger partial charge in [-0.25, -0.2) is 0 Å². The van der Waals surface area contributed by atoms with Crippen LogP contribution in [0.1, 0.15) is 36.8 Å². The molecule has 0 saturated heterocycles. The molecule has 2 heteroatoms. The van der Waals surface area contributed by atoms with Crippen LogP contribution < -0.4 is 0 Å². The molecule has 1 heterocycles. The summed E-state index contributed by atoms with van der Waals surface area (Å²) < 4.78 is 0. The lowest BCUT2D eigenvalue weighted by atomic mass is 9.97. The third-order valence-electron chi connectivity index (χ3n) is 4.64. The van der Waals surface area contributed by atoms with Crippen molar-refractivity contribution in [1.82, 2.24) is 4.90 Å². The third kappa shape index (κ3) is 2.60. The largest absolute Gasteiger partial charge is 0.393 e. The maximum atomic E-state index is 9.86. The Morgan fingerprint density at radius 2 is 2.00 bits per heavy atom. The van der Waals surface area contributed by atoms with E-state index in [-0.39, 0.29) is 6.10 Å². The monoisotopic (exact) mass is 245 g/mol. The molecule has 1 saturated carbocycles. The second-order valence-corrected chi connectivity index (χ2v) is 5.84. The van der Waals surface area contributed by atoms with E-state index in [2.05, 4.69) is 29.2 Å². The topological polar surface area (TPSA) is 23.5 Å². The predicted octanol–water partition coefficient (Wildman–Crippen LogP) is 2.60. The van der Waals surface area contributed by atoms with Gasteiger partial charge in [-0.1, -0.05) is 30.7 Å². The first-order chi connectivity index (χ1) is 8.83. The molecule has 1 N–H and O–H groups in total. The van der Waals surface area contributed by atoms with Crippen LogP contribution >= 0.6 is 0 Å². The zero-order chi connectivity index (χ0) is 12.4. The zero-order valence-corrected chi connectivity index (χ0v) is 11.0. The third-order valence-corrected chi connectivity index (χ3v) is 4.64. The van der Waals surface area contributed by atoms with Gasteiger partial charge in [0.2, 0.25) is 0 Å². The highest BCUT2D eigenvalue weighted by molar-refractivity contribution is 5.28. The number of nitrogens with zero attached hydrogens (tertiary/aromatic N) is 1. The SMILES string of the molecule is OC1CCCC1CCN1CCc2ccccc2C1. The average Bonchev–Trinajstić information content (AvgIpc) is 2.82. The molecule has 0 spiro atoms. The fraction of sp³-hybridized carbons (Fsp3) is 0.625. The first-order valence-corrected chi connectivity index (χ1v) is 7.30. The fourth-order valence-corrected chi connectivity index (χ4v) is 3.45.